The summed E-state index contributed by atoms with van der Waals surface area (Å²) in [5.41, 5.74) is 3.83. The summed E-state index contributed by atoms with van der Waals surface area (Å²) in [6, 6.07) is 10.7. The molecule has 0 saturated carbocycles. The van der Waals surface area contributed by atoms with E-state index in [1.165, 1.54) is 16.8 Å². The first-order chi connectivity index (χ1) is 10.2. The van der Waals surface area contributed by atoms with E-state index >= 15 is 0 Å². The molecule has 1 aromatic carbocycles. The van der Waals surface area contributed by atoms with E-state index in [0.29, 0.717) is 0 Å². The van der Waals surface area contributed by atoms with Crippen LogP contribution in [-0.4, -0.2) is 13.1 Å². The van der Waals surface area contributed by atoms with Gasteiger partial charge >= 0.3 is 0 Å². The standard InChI is InChI=1S/C18H26N2O/c1-4-10-19-13-18-16(9-11-21-18)14-20(5-2)17-8-6-7-15(3)12-17/h6-9,11-12,19H,4-5,10,13-14H2,1-3H3. The van der Waals surface area contributed by atoms with Gasteiger partial charge in [0, 0.05) is 24.3 Å². The van der Waals surface area contributed by atoms with Gasteiger partial charge in [-0.25, -0.2) is 0 Å². The monoisotopic (exact) mass is 286 g/mol. The molecule has 0 bridgehead atoms. The Kier molecular flexibility index (Phi) is 5.88. The molecular formula is C18H26N2O. The molecule has 0 spiro atoms. The number of rotatable bonds is 8. The minimum atomic E-state index is 0.807. The predicted octanol–water partition coefficient (Wildman–Crippen LogP) is 4.11. The van der Waals surface area contributed by atoms with Crippen molar-refractivity contribution in [1.82, 2.24) is 5.32 Å². The van der Waals surface area contributed by atoms with Crippen LogP contribution in [0.25, 0.3) is 0 Å². The van der Waals surface area contributed by atoms with Gasteiger partial charge in [-0.05, 0) is 50.6 Å². The Morgan fingerprint density at radius 3 is 2.76 bits per heavy atom. The van der Waals surface area contributed by atoms with Gasteiger partial charge in [0.2, 0.25) is 0 Å². The number of hydrogen-bond acceptors (Lipinski definition) is 3. The smallest absolute Gasteiger partial charge is 0.122 e. The van der Waals surface area contributed by atoms with Gasteiger partial charge in [-0.1, -0.05) is 19.1 Å². The van der Waals surface area contributed by atoms with Gasteiger partial charge in [0.25, 0.3) is 0 Å². The van der Waals surface area contributed by atoms with Crippen molar-refractivity contribution in [2.75, 3.05) is 18.0 Å². The van der Waals surface area contributed by atoms with Gasteiger partial charge in [0.05, 0.1) is 12.8 Å². The van der Waals surface area contributed by atoms with Crippen LogP contribution in [-0.2, 0) is 13.1 Å². The second kappa shape index (κ2) is 7.89. The fourth-order valence-corrected chi connectivity index (χ4v) is 2.46. The van der Waals surface area contributed by atoms with Crippen LogP contribution in [0.4, 0.5) is 5.69 Å². The van der Waals surface area contributed by atoms with Crippen molar-refractivity contribution in [1.29, 1.82) is 0 Å². The maximum absolute atomic E-state index is 5.63. The largest absolute Gasteiger partial charge is 0.468 e. The molecule has 0 aliphatic rings. The Balaban J connectivity index is 2.07. The lowest BCUT2D eigenvalue weighted by molar-refractivity contribution is 0.478. The van der Waals surface area contributed by atoms with Crippen LogP contribution < -0.4 is 10.2 Å². The topological polar surface area (TPSA) is 28.4 Å². The first kappa shape index (κ1) is 15.6. The van der Waals surface area contributed by atoms with Crippen LogP contribution in [0.3, 0.4) is 0 Å². The number of aryl methyl sites for hydroxylation is 1. The number of hydrogen-bond donors (Lipinski definition) is 1. The van der Waals surface area contributed by atoms with Crippen molar-refractivity contribution in [3.8, 4) is 0 Å². The average Bonchev–Trinajstić information content (AvgIpc) is 2.92. The lowest BCUT2D eigenvalue weighted by Gasteiger charge is -2.23. The van der Waals surface area contributed by atoms with Crippen molar-refractivity contribution in [3.05, 3.63) is 53.5 Å². The second-order valence-corrected chi connectivity index (χ2v) is 5.40. The van der Waals surface area contributed by atoms with Gasteiger partial charge in [0.1, 0.15) is 5.76 Å². The number of nitrogens with one attached hydrogen (secondary N) is 1. The molecule has 3 nitrogen and oxygen atoms in total. The summed E-state index contributed by atoms with van der Waals surface area (Å²) in [5, 5.41) is 3.41. The van der Waals surface area contributed by atoms with Crippen molar-refractivity contribution >= 4 is 5.69 Å². The quantitative estimate of drug-likeness (QED) is 0.740. The third kappa shape index (κ3) is 4.36. The first-order valence-electron chi connectivity index (χ1n) is 7.82. The Labute approximate surface area is 128 Å². The van der Waals surface area contributed by atoms with E-state index in [1.807, 2.05) is 0 Å². The maximum atomic E-state index is 5.63. The zero-order valence-corrected chi connectivity index (χ0v) is 13.4. The van der Waals surface area contributed by atoms with Gasteiger partial charge in [-0.3, -0.25) is 0 Å². The van der Waals surface area contributed by atoms with Crippen LogP contribution >= 0.6 is 0 Å². The van der Waals surface area contributed by atoms with Crippen LogP contribution in [0.2, 0.25) is 0 Å². The van der Waals surface area contributed by atoms with E-state index in [2.05, 4.69) is 61.3 Å². The van der Waals surface area contributed by atoms with E-state index in [-0.39, 0.29) is 0 Å². The summed E-state index contributed by atoms with van der Waals surface area (Å²) in [4.78, 5) is 2.38. The van der Waals surface area contributed by atoms with Crippen molar-refractivity contribution in [2.24, 2.45) is 0 Å². The summed E-state index contributed by atoms with van der Waals surface area (Å²) < 4.78 is 5.63. The Hall–Kier alpha value is -1.74. The molecule has 2 rings (SSSR count). The van der Waals surface area contributed by atoms with Crippen molar-refractivity contribution in [3.63, 3.8) is 0 Å². The average molecular weight is 286 g/mol. The molecule has 114 valence electrons. The third-order valence-corrected chi connectivity index (χ3v) is 3.66. The SMILES string of the molecule is CCCNCc1occc1CN(CC)c1cccc(C)c1. The fraction of sp³-hybridized carbons (Fsp3) is 0.444. The molecule has 0 atom stereocenters. The normalized spacial score (nSPS) is 10.8. The molecule has 0 unspecified atom stereocenters. The number of anilines is 1. The molecule has 21 heavy (non-hydrogen) atoms. The number of furan rings is 1. The van der Waals surface area contributed by atoms with Gasteiger partial charge in [-0.15, -0.1) is 0 Å². The minimum absolute atomic E-state index is 0.807. The summed E-state index contributed by atoms with van der Waals surface area (Å²) in [6.07, 6.45) is 2.93. The highest BCUT2D eigenvalue weighted by Crippen LogP contribution is 2.20. The number of nitrogens with zero attached hydrogens (tertiary/aromatic N) is 1. The highest BCUT2D eigenvalue weighted by Gasteiger charge is 2.11. The van der Waals surface area contributed by atoms with E-state index in [9.17, 15) is 0 Å². The highest BCUT2D eigenvalue weighted by molar-refractivity contribution is 5.49. The molecular weight excluding hydrogens is 260 g/mol. The number of benzene rings is 1. The van der Waals surface area contributed by atoms with Crippen LogP contribution in [0.1, 0.15) is 37.2 Å². The van der Waals surface area contributed by atoms with Gasteiger partial charge in [-0.2, -0.15) is 0 Å². The maximum Gasteiger partial charge on any atom is 0.122 e. The second-order valence-electron chi connectivity index (χ2n) is 5.40. The molecule has 0 aliphatic carbocycles. The third-order valence-electron chi connectivity index (χ3n) is 3.66. The molecule has 0 fully saturated rings. The molecule has 0 amide bonds. The van der Waals surface area contributed by atoms with Crippen LogP contribution in [0.15, 0.2) is 41.0 Å². The molecule has 1 N–H and O–H groups in total. The predicted molar refractivity (Wildman–Crippen MR) is 88.6 cm³/mol. The van der Waals surface area contributed by atoms with E-state index < -0.39 is 0 Å². The molecule has 2 aromatic rings. The summed E-state index contributed by atoms with van der Waals surface area (Å²) in [6.45, 7) is 10.2. The Bertz CT molecular complexity index is 548. The summed E-state index contributed by atoms with van der Waals surface area (Å²) in [5.74, 6) is 1.05. The van der Waals surface area contributed by atoms with E-state index in [1.54, 1.807) is 6.26 Å². The van der Waals surface area contributed by atoms with Crippen molar-refractivity contribution in [2.45, 2.75) is 40.3 Å². The lowest BCUT2D eigenvalue weighted by atomic mass is 10.1. The van der Waals surface area contributed by atoms with Crippen LogP contribution in [0.5, 0.6) is 0 Å². The zero-order valence-electron chi connectivity index (χ0n) is 13.4. The van der Waals surface area contributed by atoms with E-state index in [4.69, 9.17) is 4.42 Å². The summed E-state index contributed by atoms with van der Waals surface area (Å²) in [7, 11) is 0. The molecule has 0 radical (unpaired) electrons. The Morgan fingerprint density at radius 2 is 2.05 bits per heavy atom. The molecule has 3 heteroatoms. The van der Waals surface area contributed by atoms with Gasteiger partial charge in [0.15, 0.2) is 0 Å². The molecule has 1 aromatic heterocycles. The molecule has 0 aliphatic heterocycles. The summed E-state index contributed by atoms with van der Waals surface area (Å²) >= 11 is 0. The minimum Gasteiger partial charge on any atom is -0.468 e. The van der Waals surface area contributed by atoms with Gasteiger partial charge < -0.3 is 14.6 Å². The molecule has 1 heterocycles. The fourth-order valence-electron chi connectivity index (χ4n) is 2.46. The Morgan fingerprint density at radius 1 is 1.19 bits per heavy atom. The van der Waals surface area contributed by atoms with Crippen molar-refractivity contribution < 1.29 is 4.42 Å². The lowest BCUT2D eigenvalue weighted by Crippen LogP contribution is -2.23. The van der Waals surface area contributed by atoms with E-state index in [0.717, 1.165) is 38.4 Å². The highest BCUT2D eigenvalue weighted by atomic mass is 16.3. The first-order valence-corrected chi connectivity index (χ1v) is 7.82. The zero-order chi connectivity index (χ0) is 15.1. The molecule has 0 saturated heterocycles. The van der Waals surface area contributed by atoms with Crippen LogP contribution in [0, 0.1) is 6.92 Å².